The summed E-state index contributed by atoms with van der Waals surface area (Å²) in [4.78, 5) is 25.8. The average molecular weight is 267 g/mol. The highest BCUT2D eigenvalue weighted by molar-refractivity contribution is 5.89. The Labute approximate surface area is 115 Å². The topological polar surface area (TPSA) is 61.4 Å². The second kappa shape index (κ2) is 5.49. The van der Waals surface area contributed by atoms with Crippen LogP contribution in [0.5, 0.6) is 0 Å². The molecular formula is C14H25N3O2. The number of hydrogen-bond donors (Lipinski definition) is 2. The largest absolute Gasteiger partial charge is 0.344 e. The van der Waals surface area contributed by atoms with Crippen LogP contribution in [-0.4, -0.2) is 49.4 Å². The predicted molar refractivity (Wildman–Crippen MR) is 73.6 cm³/mol. The Hall–Kier alpha value is -1.10. The molecule has 2 N–H and O–H groups in total. The van der Waals surface area contributed by atoms with Crippen molar-refractivity contribution in [3.8, 4) is 0 Å². The van der Waals surface area contributed by atoms with Crippen LogP contribution < -0.4 is 10.6 Å². The molecule has 5 nitrogen and oxygen atoms in total. The van der Waals surface area contributed by atoms with Crippen molar-refractivity contribution in [3.63, 3.8) is 0 Å². The maximum Gasteiger partial charge on any atom is 0.244 e. The van der Waals surface area contributed by atoms with Crippen molar-refractivity contribution < 1.29 is 9.59 Å². The molecule has 0 aromatic heterocycles. The van der Waals surface area contributed by atoms with E-state index in [4.69, 9.17) is 0 Å². The zero-order valence-corrected chi connectivity index (χ0v) is 12.2. The van der Waals surface area contributed by atoms with E-state index in [1.165, 1.54) is 0 Å². The van der Waals surface area contributed by atoms with Gasteiger partial charge < -0.3 is 15.5 Å². The number of nitrogens with one attached hydrogen (secondary N) is 2. The number of piperidine rings is 1. The number of carbonyl (C=O) groups excluding carboxylic acids is 2. The van der Waals surface area contributed by atoms with E-state index < -0.39 is 6.04 Å². The molecule has 2 unspecified atom stereocenters. The highest BCUT2D eigenvalue weighted by Crippen LogP contribution is 2.58. The van der Waals surface area contributed by atoms with Crippen molar-refractivity contribution in [1.29, 1.82) is 0 Å². The van der Waals surface area contributed by atoms with Gasteiger partial charge in [0.2, 0.25) is 11.8 Å². The van der Waals surface area contributed by atoms with E-state index in [1.54, 1.807) is 18.9 Å². The van der Waals surface area contributed by atoms with Crippen LogP contribution in [0.3, 0.4) is 0 Å². The number of nitrogens with zero attached hydrogens (tertiary/aromatic N) is 1. The molecule has 5 heteroatoms. The van der Waals surface area contributed by atoms with Gasteiger partial charge >= 0.3 is 0 Å². The average Bonchev–Trinajstić information content (AvgIpc) is 3.11. The van der Waals surface area contributed by atoms with E-state index in [-0.39, 0.29) is 23.1 Å². The molecule has 1 heterocycles. The van der Waals surface area contributed by atoms with Crippen LogP contribution in [0.15, 0.2) is 0 Å². The molecule has 0 radical (unpaired) electrons. The lowest BCUT2D eigenvalue weighted by Crippen LogP contribution is -2.46. The summed E-state index contributed by atoms with van der Waals surface area (Å²) in [5, 5.41) is 6.21. The summed E-state index contributed by atoms with van der Waals surface area (Å²) < 4.78 is 0. The van der Waals surface area contributed by atoms with Crippen LogP contribution in [0, 0.1) is 11.3 Å². The van der Waals surface area contributed by atoms with Gasteiger partial charge in [-0.1, -0.05) is 0 Å². The first-order valence-electron chi connectivity index (χ1n) is 7.26. The molecule has 0 aromatic rings. The Bertz CT molecular complexity index is 364. The normalized spacial score (nSPS) is 25.7. The van der Waals surface area contributed by atoms with E-state index in [0.717, 1.165) is 32.4 Å². The summed E-state index contributed by atoms with van der Waals surface area (Å²) in [5.41, 5.74) is 0.231. The summed E-state index contributed by atoms with van der Waals surface area (Å²) in [6.07, 6.45) is 3.16. The first kappa shape index (κ1) is 14.3. The highest BCUT2D eigenvalue weighted by atomic mass is 16.2. The second-order valence-corrected chi connectivity index (χ2v) is 5.95. The van der Waals surface area contributed by atoms with Crippen LogP contribution in [0.2, 0.25) is 0 Å². The molecule has 0 aromatic carbocycles. The van der Waals surface area contributed by atoms with Gasteiger partial charge in [0.1, 0.15) is 6.04 Å². The summed E-state index contributed by atoms with van der Waals surface area (Å²) >= 11 is 0. The van der Waals surface area contributed by atoms with E-state index >= 15 is 0 Å². The van der Waals surface area contributed by atoms with Crippen LogP contribution >= 0.6 is 0 Å². The molecular weight excluding hydrogens is 242 g/mol. The van der Waals surface area contributed by atoms with Crippen LogP contribution in [0.25, 0.3) is 0 Å². The molecule has 19 heavy (non-hydrogen) atoms. The van der Waals surface area contributed by atoms with E-state index in [2.05, 4.69) is 10.6 Å². The Kier molecular flexibility index (Phi) is 4.13. The van der Waals surface area contributed by atoms with Crippen molar-refractivity contribution in [2.75, 3.05) is 26.7 Å². The number of carbonyl (C=O) groups is 2. The Balaban J connectivity index is 1.84. The molecule has 2 fully saturated rings. The van der Waals surface area contributed by atoms with Gasteiger partial charge in [0.15, 0.2) is 0 Å². The standard InChI is InChI=1S/C14H25N3O2/c1-4-17(3)13(19)10(2)16-12(18)11-9-14(11)5-7-15-8-6-14/h10-11,15H,4-9H2,1-3H3,(H,16,18). The molecule has 2 amide bonds. The summed E-state index contributed by atoms with van der Waals surface area (Å²) in [5.74, 6) is 0.167. The van der Waals surface area contributed by atoms with Crippen LogP contribution in [-0.2, 0) is 9.59 Å². The number of rotatable bonds is 4. The molecule has 2 atom stereocenters. The summed E-state index contributed by atoms with van der Waals surface area (Å²) in [6.45, 7) is 6.38. The first-order valence-corrected chi connectivity index (χ1v) is 7.26. The molecule has 108 valence electrons. The van der Waals surface area contributed by atoms with Crippen molar-refractivity contribution >= 4 is 11.8 Å². The van der Waals surface area contributed by atoms with Crippen LogP contribution in [0.1, 0.15) is 33.1 Å². The molecule has 1 spiro atoms. The first-order chi connectivity index (χ1) is 9.00. The smallest absolute Gasteiger partial charge is 0.244 e. The zero-order valence-electron chi connectivity index (χ0n) is 12.2. The predicted octanol–water partition coefficient (Wildman–Crippen LogP) is 0.359. The zero-order chi connectivity index (χ0) is 14.0. The van der Waals surface area contributed by atoms with Crippen molar-refractivity contribution in [3.05, 3.63) is 0 Å². The third kappa shape index (κ3) is 2.91. The van der Waals surface area contributed by atoms with Crippen molar-refractivity contribution in [2.45, 2.75) is 39.2 Å². The maximum absolute atomic E-state index is 12.2. The number of amides is 2. The van der Waals surface area contributed by atoms with Gasteiger partial charge in [-0.05, 0) is 51.6 Å². The SMILES string of the molecule is CCN(C)C(=O)C(C)NC(=O)C1CC12CCNCC2. The molecule has 1 saturated carbocycles. The van der Waals surface area contributed by atoms with E-state index in [0.29, 0.717) is 6.54 Å². The minimum absolute atomic E-state index is 0.0177. The minimum Gasteiger partial charge on any atom is -0.344 e. The van der Waals surface area contributed by atoms with Gasteiger partial charge in [-0.2, -0.15) is 0 Å². The molecule has 1 aliphatic carbocycles. The third-order valence-electron chi connectivity index (χ3n) is 4.69. The quantitative estimate of drug-likeness (QED) is 0.773. The van der Waals surface area contributed by atoms with Gasteiger partial charge in [-0.15, -0.1) is 0 Å². The molecule has 1 aliphatic heterocycles. The van der Waals surface area contributed by atoms with E-state index in [1.807, 2.05) is 6.92 Å². The molecule has 0 bridgehead atoms. The fourth-order valence-corrected chi connectivity index (χ4v) is 3.06. The van der Waals surface area contributed by atoms with Crippen molar-refractivity contribution in [2.24, 2.45) is 11.3 Å². The minimum atomic E-state index is -0.420. The van der Waals surface area contributed by atoms with Crippen LogP contribution in [0.4, 0.5) is 0 Å². The van der Waals surface area contributed by atoms with Gasteiger partial charge in [0, 0.05) is 19.5 Å². The lowest BCUT2D eigenvalue weighted by atomic mass is 9.91. The lowest BCUT2D eigenvalue weighted by molar-refractivity contribution is -0.135. The number of hydrogen-bond acceptors (Lipinski definition) is 3. The van der Waals surface area contributed by atoms with Crippen molar-refractivity contribution in [1.82, 2.24) is 15.5 Å². The number of likely N-dealkylation sites (N-methyl/N-ethyl adjacent to an activating group) is 1. The monoisotopic (exact) mass is 267 g/mol. The third-order valence-corrected chi connectivity index (χ3v) is 4.69. The Morgan fingerprint density at radius 3 is 2.63 bits per heavy atom. The fraction of sp³-hybridized carbons (Fsp3) is 0.857. The highest BCUT2D eigenvalue weighted by Gasteiger charge is 2.57. The van der Waals surface area contributed by atoms with Gasteiger partial charge in [-0.25, -0.2) is 0 Å². The molecule has 2 rings (SSSR count). The molecule has 2 aliphatic rings. The Morgan fingerprint density at radius 1 is 1.42 bits per heavy atom. The fourth-order valence-electron chi connectivity index (χ4n) is 3.06. The molecule has 1 saturated heterocycles. The summed E-state index contributed by atoms with van der Waals surface area (Å²) in [7, 11) is 1.76. The second-order valence-electron chi connectivity index (χ2n) is 5.95. The lowest BCUT2D eigenvalue weighted by Gasteiger charge is -2.24. The van der Waals surface area contributed by atoms with Gasteiger partial charge in [-0.3, -0.25) is 9.59 Å². The summed E-state index contributed by atoms with van der Waals surface area (Å²) in [6, 6.07) is -0.420. The Morgan fingerprint density at radius 2 is 2.05 bits per heavy atom. The van der Waals surface area contributed by atoms with Gasteiger partial charge in [0.05, 0.1) is 0 Å². The van der Waals surface area contributed by atoms with E-state index in [9.17, 15) is 9.59 Å². The van der Waals surface area contributed by atoms with Gasteiger partial charge in [0.25, 0.3) is 0 Å². The maximum atomic E-state index is 12.2.